The Kier molecular flexibility index (Phi) is 57.4. The minimum Gasteiger partial charge on any atom is -0.462 e. The van der Waals surface area contributed by atoms with E-state index in [0.717, 1.165) is 122 Å². The van der Waals surface area contributed by atoms with Crippen LogP contribution in [0.4, 0.5) is 0 Å². The number of unbranched alkanes of at least 4 members (excludes halogenated alkanes) is 24. The molecular formula is C68H110O6. The molecule has 0 aromatic rings. The molecule has 0 aliphatic heterocycles. The molecule has 74 heavy (non-hydrogen) atoms. The summed E-state index contributed by atoms with van der Waals surface area (Å²) in [6.45, 7) is 6.41. The monoisotopic (exact) mass is 1020 g/mol. The average molecular weight is 1020 g/mol. The molecule has 0 bridgehead atoms. The lowest BCUT2D eigenvalue weighted by atomic mass is 10.1. The highest BCUT2D eigenvalue weighted by Crippen LogP contribution is 2.15. The number of carbonyl (C=O) groups excluding carboxylic acids is 3. The number of allylic oxidation sites excluding steroid dienone is 22. The van der Waals surface area contributed by atoms with E-state index in [1.807, 2.05) is 0 Å². The number of esters is 3. The second kappa shape index (κ2) is 61.1. The summed E-state index contributed by atoms with van der Waals surface area (Å²) in [6, 6.07) is 0. The van der Waals surface area contributed by atoms with Crippen LogP contribution in [0.15, 0.2) is 134 Å². The molecule has 0 heterocycles. The molecule has 0 aliphatic carbocycles. The lowest BCUT2D eigenvalue weighted by molar-refractivity contribution is -0.167. The summed E-state index contributed by atoms with van der Waals surface area (Å²) in [4.78, 5) is 38.3. The van der Waals surface area contributed by atoms with Gasteiger partial charge in [-0.2, -0.15) is 0 Å². The zero-order chi connectivity index (χ0) is 53.6. The fourth-order valence-electron chi connectivity index (χ4n) is 7.94. The van der Waals surface area contributed by atoms with Gasteiger partial charge < -0.3 is 14.2 Å². The minimum absolute atomic E-state index is 0.106. The molecule has 0 radical (unpaired) electrons. The summed E-state index contributed by atoms with van der Waals surface area (Å²) in [6.07, 6.45) is 85.7. The summed E-state index contributed by atoms with van der Waals surface area (Å²) in [5.41, 5.74) is 0. The Morgan fingerprint density at radius 3 is 0.973 bits per heavy atom. The lowest BCUT2D eigenvalue weighted by Gasteiger charge is -2.18. The highest BCUT2D eigenvalue weighted by molar-refractivity contribution is 5.71. The molecule has 6 heteroatoms. The van der Waals surface area contributed by atoms with Gasteiger partial charge in [-0.05, 0) is 116 Å². The maximum atomic E-state index is 12.9. The fraction of sp³-hybridized carbons (Fsp3) is 0.632. The molecule has 0 aromatic carbocycles. The standard InChI is InChI=1S/C68H110O6/c1-4-7-10-13-16-19-22-25-28-31-34-37-40-43-46-49-52-55-58-61-67(70)73-64-65(63-72-66(69)60-57-54-51-48-45-42-39-36-33-30-27-24-21-18-15-12-9-6-3)74-68(71)62-59-56-53-50-47-44-41-38-35-32-29-26-23-20-17-14-11-8-5-2/h7,10,16-21,23-28,30,33-34,36-37,39,43,46,65H,4-6,8-9,11-15,22,29,31-32,35,38,40-42,44-45,47-64H2,1-3H3/b10-7-,19-16-,20-17-,21-18-,26-23-,27-24-,28-25-,33-30-,37-34-,39-36-,46-43-. The molecule has 1 atom stereocenters. The van der Waals surface area contributed by atoms with Crippen molar-refractivity contribution in [3.8, 4) is 0 Å². The minimum atomic E-state index is -0.810. The van der Waals surface area contributed by atoms with Crippen molar-refractivity contribution in [1.82, 2.24) is 0 Å². The van der Waals surface area contributed by atoms with E-state index in [2.05, 4.69) is 154 Å². The van der Waals surface area contributed by atoms with Crippen molar-refractivity contribution in [3.05, 3.63) is 134 Å². The number of rotatable bonds is 53. The molecule has 0 aliphatic rings. The Morgan fingerprint density at radius 2 is 0.581 bits per heavy atom. The van der Waals surface area contributed by atoms with Crippen molar-refractivity contribution in [3.63, 3.8) is 0 Å². The van der Waals surface area contributed by atoms with Crippen molar-refractivity contribution in [1.29, 1.82) is 0 Å². The molecule has 0 saturated heterocycles. The Bertz CT molecular complexity index is 1600. The first-order chi connectivity index (χ1) is 36.5. The smallest absolute Gasteiger partial charge is 0.306 e. The molecule has 0 amide bonds. The molecule has 0 N–H and O–H groups in total. The number of hydrogen-bond donors (Lipinski definition) is 0. The van der Waals surface area contributed by atoms with Crippen LogP contribution in [0.2, 0.25) is 0 Å². The van der Waals surface area contributed by atoms with Crippen LogP contribution in [0.1, 0.15) is 258 Å². The van der Waals surface area contributed by atoms with E-state index < -0.39 is 6.10 Å². The molecule has 6 nitrogen and oxygen atoms in total. The zero-order valence-electron chi connectivity index (χ0n) is 47.8. The SMILES string of the molecule is CC/C=C\C/C=C\C/C=C\C/C=C\C/C=C\CCCCCC(=O)OCC(COC(=O)CCCCCCC\C=C/C=C\C=C/C=C\CCCCC)OC(=O)CCCCCCCCCCCC/C=C\C=C/CCCCC. The van der Waals surface area contributed by atoms with E-state index in [-0.39, 0.29) is 31.1 Å². The lowest BCUT2D eigenvalue weighted by Crippen LogP contribution is -2.30. The van der Waals surface area contributed by atoms with Crippen molar-refractivity contribution < 1.29 is 28.6 Å². The van der Waals surface area contributed by atoms with Crippen LogP contribution in [0.5, 0.6) is 0 Å². The fourth-order valence-corrected chi connectivity index (χ4v) is 7.94. The Hall–Kier alpha value is -4.45. The van der Waals surface area contributed by atoms with Gasteiger partial charge in [0.15, 0.2) is 6.10 Å². The number of ether oxygens (including phenoxy) is 3. The molecule has 1 unspecified atom stereocenters. The van der Waals surface area contributed by atoms with Crippen LogP contribution in [-0.2, 0) is 28.6 Å². The van der Waals surface area contributed by atoms with Crippen molar-refractivity contribution in [2.75, 3.05) is 13.2 Å². The summed E-state index contributed by atoms with van der Waals surface area (Å²) >= 11 is 0. The zero-order valence-corrected chi connectivity index (χ0v) is 47.8. The maximum absolute atomic E-state index is 12.9. The van der Waals surface area contributed by atoms with Crippen molar-refractivity contribution in [2.24, 2.45) is 0 Å². The van der Waals surface area contributed by atoms with Gasteiger partial charge in [-0.25, -0.2) is 0 Å². The second-order valence-corrected chi connectivity index (χ2v) is 19.6. The Balaban J connectivity index is 4.52. The van der Waals surface area contributed by atoms with Crippen LogP contribution >= 0.6 is 0 Å². The van der Waals surface area contributed by atoms with E-state index >= 15 is 0 Å². The largest absolute Gasteiger partial charge is 0.462 e. The maximum Gasteiger partial charge on any atom is 0.306 e. The molecular weight excluding hydrogens is 913 g/mol. The van der Waals surface area contributed by atoms with Gasteiger partial charge in [0.25, 0.3) is 0 Å². The van der Waals surface area contributed by atoms with E-state index in [9.17, 15) is 14.4 Å². The van der Waals surface area contributed by atoms with Gasteiger partial charge in [-0.1, -0.05) is 257 Å². The third-order valence-electron chi connectivity index (χ3n) is 12.5. The average Bonchev–Trinajstić information content (AvgIpc) is 3.40. The first-order valence-electron chi connectivity index (χ1n) is 30.3. The van der Waals surface area contributed by atoms with Crippen LogP contribution in [0.3, 0.4) is 0 Å². The quantitative estimate of drug-likeness (QED) is 0.0199. The first kappa shape index (κ1) is 69.5. The van der Waals surface area contributed by atoms with Crippen LogP contribution in [0.25, 0.3) is 0 Å². The molecule has 0 saturated carbocycles. The third kappa shape index (κ3) is 58.4. The third-order valence-corrected chi connectivity index (χ3v) is 12.5. The van der Waals surface area contributed by atoms with Gasteiger partial charge in [0, 0.05) is 19.3 Å². The molecule has 418 valence electrons. The van der Waals surface area contributed by atoms with Crippen molar-refractivity contribution in [2.45, 2.75) is 264 Å². The summed E-state index contributed by atoms with van der Waals surface area (Å²) in [5.74, 6) is -0.964. The highest BCUT2D eigenvalue weighted by Gasteiger charge is 2.19. The summed E-state index contributed by atoms with van der Waals surface area (Å²) in [7, 11) is 0. The van der Waals surface area contributed by atoms with E-state index in [0.29, 0.717) is 19.3 Å². The molecule has 0 aromatic heterocycles. The highest BCUT2D eigenvalue weighted by atomic mass is 16.6. The molecule has 0 rings (SSSR count). The van der Waals surface area contributed by atoms with Crippen molar-refractivity contribution >= 4 is 17.9 Å². The van der Waals surface area contributed by atoms with Gasteiger partial charge in [-0.15, -0.1) is 0 Å². The van der Waals surface area contributed by atoms with Gasteiger partial charge in [0.05, 0.1) is 0 Å². The first-order valence-corrected chi connectivity index (χ1v) is 30.3. The number of hydrogen-bond acceptors (Lipinski definition) is 6. The summed E-state index contributed by atoms with van der Waals surface area (Å²) < 4.78 is 16.9. The van der Waals surface area contributed by atoms with Gasteiger partial charge in [-0.3, -0.25) is 14.4 Å². The Morgan fingerprint density at radius 1 is 0.297 bits per heavy atom. The van der Waals surface area contributed by atoms with Crippen LogP contribution in [-0.4, -0.2) is 37.2 Å². The van der Waals surface area contributed by atoms with Gasteiger partial charge in [0.1, 0.15) is 13.2 Å². The molecule has 0 fully saturated rings. The van der Waals surface area contributed by atoms with Crippen LogP contribution < -0.4 is 0 Å². The molecule has 0 spiro atoms. The predicted molar refractivity (Wildman–Crippen MR) is 320 cm³/mol. The predicted octanol–water partition coefficient (Wildman–Crippen LogP) is 20.6. The second-order valence-electron chi connectivity index (χ2n) is 19.6. The number of carbonyl (C=O) groups is 3. The Labute approximate surface area is 455 Å². The van der Waals surface area contributed by atoms with Gasteiger partial charge >= 0.3 is 17.9 Å². The van der Waals surface area contributed by atoms with Gasteiger partial charge in [0.2, 0.25) is 0 Å². The van der Waals surface area contributed by atoms with Crippen LogP contribution in [0, 0.1) is 0 Å². The van der Waals surface area contributed by atoms with E-state index in [4.69, 9.17) is 14.2 Å². The topological polar surface area (TPSA) is 78.9 Å². The normalized spacial score (nSPS) is 13.1. The van der Waals surface area contributed by atoms with E-state index in [1.54, 1.807) is 0 Å². The summed E-state index contributed by atoms with van der Waals surface area (Å²) in [5, 5.41) is 0. The van der Waals surface area contributed by atoms with E-state index in [1.165, 1.54) is 96.3 Å².